The Balaban J connectivity index is 1.95. The number of ether oxygens (including phenoxy) is 1. The van der Waals surface area contributed by atoms with Gasteiger partial charge in [-0.05, 0) is 25.0 Å². The SMILES string of the molecule is NC1(COCc2ccc(Br)cc2[N+](=O)[O-])CCCCCC1. The second-order valence-corrected chi connectivity index (χ2v) is 6.72. The molecule has 2 N–H and O–H groups in total. The van der Waals surface area contributed by atoms with Crippen LogP contribution in [0, 0.1) is 10.1 Å². The minimum absolute atomic E-state index is 0.0799. The molecule has 0 aliphatic heterocycles. The van der Waals surface area contributed by atoms with Crippen LogP contribution in [0.15, 0.2) is 22.7 Å². The summed E-state index contributed by atoms with van der Waals surface area (Å²) >= 11 is 3.25. The fraction of sp³-hybridized carbons (Fsp3) is 0.600. The number of hydrogen-bond acceptors (Lipinski definition) is 4. The Morgan fingerprint density at radius 1 is 1.29 bits per heavy atom. The van der Waals surface area contributed by atoms with Crippen molar-refractivity contribution in [1.82, 2.24) is 0 Å². The first-order valence-electron chi connectivity index (χ1n) is 7.30. The van der Waals surface area contributed by atoms with Crippen LogP contribution in [0.4, 0.5) is 5.69 Å². The average Bonchev–Trinajstić information content (AvgIpc) is 2.65. The minimum Gasteiger partial charge on any atom is -0.375 e. The van der Waals surface area contributed by atoms with E-state index in [1.807, 2.05) is 0 Å². The third kappa shape index (κ3) is 4.76. The number of nitro benzene ring substituents is 1. The van der Waals surface area contributed by atoms with Crippen LogP contribution in [-0.2, 0) is 11.3 Å². The fourth-order valence-corrected chi connectivity index (χ4v) is 3.12. The van der Waals surface area contributed by atoms with Gasteiger partial charge in [0.05, 0.1) is 23.7 Å². The Morgan fingerprint density at radius 3 is 2.57 bits per heavy atom. The van der Waals surface area contributed by atoms with E-state index in [0.717, 1.165) is 25.7 Å². The van der Waals surface area contributed by atoms with Crippen molar-refractivity contribution in [3.05, 3.63) is 38.3 Å². The van der Waals surface area contributed by atoms with Gasteiger partial charge in [-0.3, -0.25) is 10.1 Å². The van der Waals surface area contributed by atoms with Gasteiger partial charge in [0.25, 0.3) is 5.69 Å². The maximum Gasteiger partial charge on any atom is 0.276 e. The zero-order valence-electron chi connectivity index (χ0n) is 12.0. The summed E-state index contributed by atoms with van der Waals surface area (Å²) in [5, 5.41) is 11.1. The van der Waals surface area contributed by atoms with Gasteiger partial charge in [-0.1, -0.05) is 41.6 Å². The second-order valence-electron chi connectivity index (χ2n) is 5.80. The van der Waals surface area contributed by atoms with Crippen molar-refractivity contribution >= 4 is 21.6 Å². The van der Waals surface area contributed by atoms with Crippen molar-refractivity contribution in [2.75, 3.05) is 6.61 Å². The lowest BCUT2D eigenvalue weighted by Crippen LogP contribution is -2.43. The molecule has 21 heavy (non-hydrogen) atoms. The number of nitrogens with two attached hydrogens (primary N) is 1. The van der Waals surface area contributed by atoms with Crippen molar-refractivity contribution < 1.29 is 9.66 Å². The molecule has 1 aromatic carbocycles. The van der Waals surface area contributed by atoms with Crippen LogP contribution in [0.25, 0.3) is 0 Å². The maximum absolute atomic E-state index is 11.1. The Hall–Kier alpha value is -0.980. The van der Waals surface area contributed by atoms with E-state index in [9.17, 15) is 10.1 Å². The lowest BCUT2D eigenvalue weighted by molar-refractivity contribution is -0.386. The number of halogens is 1. The van der Waals surface area contributed by atoms with E-state index in [1.54, 1.807) is 12.1 Å². The predicted molar refractivity (Wildman–Crippen MR) is 85.1 cm³/mol. The van der Waals surface area contributed by atoms with Gasteiger partial charge in [-0.15, -0.1) is 0 Å². The van der Waals surface area contributed by atoms with Gasteiger partial charge in [0.15, 0.2) is 0 Å². The standard InChI is InChI=1S/C15H21BrN2O3/c16-13-6-5-12(14(9-13)18(19)20)10-21-11-15(17)7-3-1-2-4-8-15/h5-6,9H,1-4,7-8,10-11,17H2. The molecule has 0 atom stereocenters. The number of nitro groups is 1. The molecule has 0 unspecified atom stereocenters. The molecular formula is C15H21BrN2O3. The van der Waals surface area contributed by atoms with Gasteiger partial charge >= 0.3 is 0 Å². The van der Waals surface area contributed by atoms with E-state index in [1.165, 1.54) is 18.9 Å². The largest absolute Gasteiger partial charge is 0.375 e. The monoisotopic (exact) mass is 356 g/mol. The first kappa shape index (κ1) is 16.4. The highest BCUT2D eigenvalue weighted by Gasteiger charge is 2.26. The Labute approximate surface area is 133 Å². The lowest BCUT2D eigenvalue weighted by atomic mass is 9.92. The van der Waals surface area contributed by atoms with Gasteiger partial charge in [0.1, 0.15) is 0 Å². The maximum atomic E-state index is 11.1. The summed E-state index contributed by atoms with van der Waals surface area (Å²) in [4.78, 5) is 10.7. The van der Waals surface area contributed by atoms with E-state index in [4.69, 9.17) is 10.5 Å². The van der Waals surface area contributed by atoms with Crippen LogP contribution in [0.1, 0.15) is 44.1 Å². The van der Waals surface area contributed by atoms with Crippen molar-refractivity contribution in [3.8, 4) is 0 Å². The smallest absolute Gasteiger partial charge is 0.276 e. The average molecular weight is 357 g/mol. The third-order valence-electron chi connectivity index (χ3n) is 3.99. The van der Waals surface area contributed by atoms with E-state index >= 15 is 0 Å². The lowest BCUT2D eigenvalue weighted by Gasteiger charge is -2.27. The van der Waals surface area contributed by atoms with E-state index in [2.05, 4.69) is 15.9 Å². The molecule has 0 radical (unpaired) electrons. The van der Waals surface area contributed by atoms with Gasteiger partial charge in [-0.25, -0.2) is 0 Å². The van der Waals surface area contributed by atoms with Crippen LogP contribution in [0.3, 0.4) is 0 Å². The van der Waals surface area contributed by atoms with Gasteiger partial charge in [-0.2, -0.15) is 0 Å². The molecule has 2 rings (SSSR count). The highest BCUT2D eigenvalue weighted by molar-refractivity contribution is 9.10. The highest BCUT2D eigenvalue weighted by atomic mass is 79.9. The summed E-state index contributed by atoms with van der Waals surface area (Å²) in [5.74, 6) is 0. The van der Waals surface area contributed by atoms with Gasteiger partial charge in [0.2, 0.25) is 0 Å². The molecule has 0 bridgehead atoms. The van der Waals surface area contributed by atoms with Crippen LogP contribution in [-0.4, -0.2) is 17.1 Å². The molecule has 0 aromatic heterocycles. The summed E-state index contributed by atoms with van der Waals surface area (Å²) in [6.45, 7) is 0.683. The normalized spacial score (nSPS) is 18.2. The van der Waals surface area contributed by atoms with Crippen molar-refractivity contribution in [3.63, 3.8) is 0 Å². The zero-order chi connectivity index (χ0) is 15.3. The van der Waals surface area contributed by atoms with Crippen molar-refractivity contribution in [2.45, 2.75) is 50.7 Å². The van der Waals surface area contributed by atoms with Crippen LogP contribution < -0.4 is 5.73 Å². The molecule has 0 spiro atoms. The first-order valence-corrected chi connectivity index (χ1v) is 8.09. The van der Waals surface area contributed by atoms with Crippen LogP contribution >= 0.6 is 15.9 Å². The quantitative estimate of drug-likeness (QED) is 0.492. The molecule has 0 heterocycles. The third-order valence-corrected chi connectivity index (χ3v) is 4.48. The summed E-state index contributed by atoms with van der Waals surface area (Å²) in [5.41, 5.74) is 6.77. The molecule has 6 heteroatoms. The number of rotatable bonds is 5. The summed E-state index contributed by atoms with van der Waals surface area (Å²) in [6, 6.07) is 5.01. The van der Waals surface area contributed by atoms with E-state index in [-0.39, 0.29) is 22.8 Å². The molecule has 5 nitrogen and oxygen atoms in total. The fourth-order valence-electron chi connectivity index (χ4n) is 2.77. The zero-order valence-corrected chi connectivity index (χ0v) is 13.6. The van der Waals surface area contributed by atoms with E-state index in [0.29, 0.717) is 16.6 Å². The minimum atomic E-state index is -0.382. The number of benzene rings is 1. The summed E-state index contributed by atoms with van der Waals surface area (Å²) in [6.07, 6.45) is 6.68. The summed E-state index contributed by atoms with van der Waals surface area (Å²) < 4.78 is 6.40. The Morgan fingerprint density at radius 2 is 1.95 bits per heavy atom. The Kier molecular flexibility index (Phi) is 5.72. The first-order chi connectivity index (χ1) is 10.0. The highest BCUT2D eigenvalue weighted by Crippen LogP contribution is 2.27. The topological polar surface area (TPSA) is 78.4 Å². The van der Waals surface area contributed by atoms with E-state index < -0.39 is 0 Å². The molecule has 1 fully saturated rings. The number of nitrogens with zero attached hydrogens (tertiary/aromatic N) is 1. The van der Waals surface area contributed by atoms with Crippen LogP contribution in [0.5, 0.6) is 0 Å². The molecule has 1 aliphatic rings. The molecular weight excluding hydrogens is 336 g/mol. The molecule has 0 saturated heterocycles. The van der Waals surface area contributed by atoms with Crippen molar-refractivity contribution in [1.29, 1.82) is 0 Å². The second kappa shape index (κ2) is 7.33. The molecule has 116 valence electrons. The van der Waals surface area contributed by atoms with Gasteiger partial charge < -0.3 is 10.5 Å². The molecule has 0 amide bonds. The van der Waals surface area contributed by atoms with Crippen molar-refractivity contribution in [2.24, 2.45) is 5.73 Å². The Bertz CT molecular complexity index is 500. The predicted octanol–water partition coefficient (Wildman–Crippen LogP) is 3.93. The molecule has 1 saturated carbocycles. The summed E-state index contributed by atoms with van der Waals surface area (Å²) in [7, 11) is 0. The number of hydrogen-bond donors (Lipinski definition) is 1. The van der Waals surface area contributed by atoms with Gasteiger partial charge in [0, 0.05) is 16.1 Å². The molecule has 1 aliphatic carbocycles. The van der Waals surface area contributed by atoms with Crippen LogP contribution in [0.2, 0.25) is 0 Å². The molecule has 1 aromatic rings.